The number of rotatable bonds is 7. The third-order valence-electron chi connectivity index (χ3n) is 4.09. The average Bonchev–Trinajstić information content (AvgIpc) is 3.13. The first-order valence-corrected chi connectivity index (χ1v) is 7.66. The van der Waals surface area contributed by atoms with Gasteiger partial charge in [-0.15, -0.1) is 0 Å². The van der Waals surface area contributed by atoms with Crippen LogP contribution in [-0.2, 0) is 17.9 Å². The summed E-state index contributed by atoms with van der Waals surface area (Å²) in [6, 6.07) is 6.99. The van der Waals surface area contributed by atoms with E-state index in [9.17, 15) is 0 Å². The number of hydrogen-bond donors (Lipinski definition) is 1. The van der Waals surface area contributed by atoms with Gasteiger partial charge in [0.15, 0.2) is 0 Å². The van der Waals surface area contributed by atoms with Gasteiger partial charge in [-0.3, -0.25) is 4.98 Å². The van der Waals surface area contributed by atoms with E-state index in [4.69, 9.17) is 4.74 Å². The summed E-state index contributed by atoms with van der Waals surface area (Å²) < 4.78 is 5.81. The Hall–Kier alpha value is -0.930. The van der Waals surface area contributed by atoms with Crippen LogP contribution in [-0.4, -0.2) is 17.6 Å². The predicted octanol–water partition coefficient (Wildman–Crippen LogP) is 3.04. The van der Waals surface area contributed by atoms with Crippen LogP contribution < -0.4 is 5.32 Å². The molecule has 0 saturated heterocycles. The van der Waals surface area contributed by atoms with Gasteiger partial charge in [0.05, 0.1) is 18.0 Å². The van der Waals surface area contributed by atoms with Gasteiger partial charge < -0.3 is 10.1 Å². The second-order valence-corrected chi connectivity index (χ2v) is 5.94. The van der Waals surface area contributed by atoms with E-state index in [1.807, 2.05) is 0 Å². The molecular formula is C16H24N2O. The molecule has 0 amide bonds. The lowest BCUT2D eigenvalue weighted by atomic mass is 10.1. The average molecular weight is 260 g/mol. The van der Waals surface area contributed by atoms with E-state index in [0.29, 0.717) is 6.61 Å². The topological polar surface area (TPSA) is 34.2 Å². The Kier molecular flexibility index (Phi) is 4.46. The molecule has 2 aliphatic carbocycles. The van der Waals surface area contributed by atoms with Crippen LogP contribution in [0.3, 0.4) is 0 Å². The maximum atomic E-state index is 5.81. The van der Waals surface area contributed by atoms with Crippen LogP contribution in [0.25, 0.3) is 0 Å². The Balaban J connectivity index is 1.42. The molecule has 2 fully saturated rings. The minimum Gasteiger partial charge on any atom is -0.375 e. The van der Waals surface area contributed by atoms with Crippen molar-refractivity contribution in [2.75, 3.05) is 6.61 Å². The van der Waals surface area contributed by atoms with Gasteiger partial charge >= 0.3 is 0 Å². The molecule has 1 aromatic heterocycles. The van der Waals surface area contributed by atoms with Crippen LogP contribution in [0, 0.1) is 5.92 Å². The predicted molar refractivity (Wildman–Crippen MR) is 75.7 cm³/mol. The molecule has 1 N–H and O–H groups in total. The molecule has 3 heteroatoms. The number of hydrogen-bond acceptors (Lipinski definition) is 3. The second kappa shape index (κ2) is 6.49. The van der Waals surface area contributed by atoms with Crippen molar-refractivity contribution in [1.82, 2.24) is 10.3 Å². The SMILES string of the molecule is c1cc(CNC2CC2)nc(COCC2CCCC2)c1. The van der Waals surface area contributed by atoms with E-state index in [1.165, 1.54) is 38.5 Å². The maximum Gasteiger partial charge on any atom is 0.0888 e. The van der Waals surface area contributed by atoms with Crippen LogP contribution in [0.4, 0.5) is 0 Å². The minimum atomic E-state index is 0.660. The smallest absolute Gasteiger partial charge is 0.0888 e. The summed E-state index contributed by atoms with van der Waals surface area (Å²) >= 11 is 0. The molecule has 0 bridgehead atoms. The Morgan fingerprint density at radius 1 is 1.11 bits per heavy atom. The first kappa shape index (κ1) is 13.1. The molecule has 2 aliphatic rings. The third kappa shape index (κ3) is 4.29. The van der Waals surface area contributed by atoms with Gasteiger partial charge in [-0.1, -0.05) is 18.9 Å². The van der Waals surface area contributed by atoms with E-state index in [0.717, 1.165) is 36.5 Å². The van der Waals surface area contributed by atoms with Gasteiger partial charge in [-0.05, 0) is 43.7 Å². The highest BCUT2D eigenvalue weighted by Gasteiger charge is 2.20. The van der Waals surface area contributed by atoms with Gasteiger partial charge in [0.25, 0.3) is 0 Å². The molecule has 19 heavy (non-hydrogen) atoms. The van der Waals surface area contributed by atoms with Crippen LogP contribution >= 0.6 is 0 Å². The van der Waals surface area contributed by atoms with Crippen molar-refractivity contribution in [3.63, 3.8) is 0 Å². The molecule has 0 aromatic carbocycles. The molecule has 1 aromatic rings. The highest BCUT2D eigenvalue weighted by molar-refractivity contribution is 5.11. The van der Waals surface area contributed by atoms with Crippen molar-refractivity contribution in [3.8, 4) is 0 Å². The van der Waals surface area contributed by atoms with Crippen molar-refractivity contribution in [2.45, 2.75) is 57.7 Å². The fourth-order valence-corrected chi connectivity index (χ4v) is 2.75. The monoisotopic (exact) mass is 260 g/mol. The van der Waals surface area contributed by atoms with E-state index in [1.54, 1.807) is 0 Å². The molecule has 1 heterocycles. The largest absolute Gasteiger partial charge is 0.375 e. The van der Waals surface area contributed by atoms with E-state index in [2.05, 4.69) is 28.5 Å². The van der Waals surface area contributed by atoms with Gasteiger partial charge in [-0.2, -0.15) is 0 Å². The van der Waals surface area contributed by atoms with Crippen LogP contribution in [0.1, 0.15) is 49.9 Å². The molecule has 0 spiro atoms. The quantitative estimate of drug-likeness (QED) is 0.818. The molecule has 3 rings (SSSR count). The number of nitrogens with zero attached hydrogens (tertiary/aromatic N) is 1. The summed E-state index contributed by atoms with van der Waals surface area (Å²) in [6.45, 7) is 2.46. The normalized spacial score (nSPS) is 20.0. The minimum absolute atomic E-state index is 0.660. The number of ether oxygens (including phenoxy) is 1. The fraction of sp³-hybridized carbons (Fsp3) is 0.688. The first-order chi connectivity index (χ1) is 9.40. The Morgan fingerprint density at radius 2 is 1.89 bits per heavy atom. The summed E-state index contributed by atoms with van der Waals surface area (Å²) in [5.74, 6) is 0.791. The second-order valence-electron chi connectivity index (χ2n) is 5.94. The summed E-state index contributed by atoms with van der Waals surface area (Å²) in [6.07, 6.45) is 8.11. The Bertz CT molecular complexity index is 397. The lowest BCUT2D eigenvalue weighted by Crippen LogP contribution is -2.16. The molecule has 0 aliphatic heterocycles. The number of aromatic nitrogens is 1. The zero-order valence-corrected chi connectivity index (χ0v) is 11.6. The summed E-state index contributed by atoms with van der Waals surface area (Å²) in [7, 11) is 0. The third-order valence-corrected chi connectivity index (χ3v) is 4.09. The molecule has 0 unspecified atom stereocenters. The van der Waals surface area contributed by atoms with Crippen molar-refractivity contribution in [2.24, 2.45) is 5.92 Å². The van der Waals surface area contributed by atoms with Gasteiger partial charge in [0.1, 0.15) is 0 Å². The van der Waals surface area contributed by atoms with E-state index in [-0.39, 0.29) is 0 Å². The lowest BCUT2D eigenvalue weighted by Gasteiger charge is -2.10. The molecule has 3 nitrogen and oxygen atoms in total. The Labute approximate surface area is 115 Å². The zero-order chi connectivity index (χ0) is 12.9. The molecule has 2 saturated carbocycles. The van der Waals surface area contributed by atoms with Crippen LogP contribution in [0.5, 0.6) is 0 Å². The molecule has 104 valence electrons. The highest BCUT2D eigenvalue weighted by Crippen LogP contribution is 2.25. The summed E-state index contributed by atoms with van der Waals surface area (Å²) in [4.78, 5) is 4.65. The maximum absolute atomic E-state index is 5.81. The summed E-state index contributed by atoms with van der Waals surface area (Å²) in [5.41, 5.74) is 2.20. The van der Waals surface area contributed by atoms with E-state index >= 15 is 0 Å². The standard InChI is InChI=1S/C16H24N2O/c1-2-5-13(4-1)11-19-12-16-7-3-6-15(18-16)10-17-14-8-9-14/h3,6-7,13-14,17H,1-2,4-5,8-12H2. The fourth-order valence-electron chi connectivity index (χ4n) is 2.75. The van der Waals surface area contributed by atoms with Crippen molar-refractivity contribution in [1.29, 1.82) is 0 Å². The zero-order valence-electron chi connectivity index (χ0n) is 11.6. The van der Waals surface area contributed by atoms with Crippen LogP contribution in [0.15, 0.2) is 18.2 Å². The summed E-state index contributed by atoms with van der Waals surface area (Å²) in [5, 5.41) is 3.50. The van der Waals surface area contributed by atoms with E-state index < -0.39 is 0 Å². The highest BCUT2D eigenvalue weighted by atomic mass is 16.5. The first-order valence-electron chi connectivity index (χ1n) is 7.66. The molecule has 0 atom stereocenters. The van der Waals surface area contributed by atoms with Crippen LogP contribution in [0.2, 0.25) is 0 Å². The number of nitrogens with one attached hydrogen (secondary N) is 1. The molecular weight excluding hydrogens is 236 g/mol. The Morgan fingerprint density at radius 3 is 2.68 bits per heavy atom. The lowest BCUT2D eigenvalue weighted by molar-refractivity contribution is 0.0866. The number of pyridine rings is 1. The van der Waals surface area contributed by atoms with Gasteiger partial charge in [-0.25, -0.2) is 0 Å². The van der Waals surface area contributed by atoms with Crippen molar-refractivity contribution in [3.05, 3.63) is 29.6 Å². The van der Waals surface area contributed by atoms with Crippen molar-refractivity contribution < 1.29 is 4.74 Å². The van der Waals surface area contributed by atoms with Gasteiger partial charge in [0.2, 0.25) is 0 Å². The molecule has 0 radical (unpaired) electrons. The van der Waals surface area contributed by atoms with Gasteiger partial charge in [0, 0.05) is 19.2 Å². The van der Waals surface area contributed by atoms with Crippen molar-refractivity contribution >= 4 is 0 Å².